The normalized spacial score (nSPS) is 11.9. The van der Waals surface area contributed by atoms with E-state index >= 15 is 0 Å². The Balaban J connectivity index is 2.14. The standard InChI is InChI=1S/C14H15N5/c1-11(2)8-15-13-9-18(12-6-4-3-5-7-12)14-16-10-17-19(13)14/h3-11H,1-2H3/b15-8+. The van der Waals surface area contributed by atoms with Crippen LogP contribution in [0.2, 0.25) is 0 Å². The lowest BCUT2D eigenvalue weighted by atomic mass is 10.2. The van der Waals surface area contributed by atoms with Gasteiger partial charge in [0.2, 0.25) is 5.78 Å². The fraction of sp³-hybridized carbons (Fsp3) is 0.214. The van der Waals surface area contributed by atoms with Gasteiger partial charge in [0.15, 0.2) is 5.82 Å². The maximum atomic E-state index is 4.47. The number of fused-ring (bicyclic) bond motifs is 1. The lowest BCUT2D eigenvalue weighted by Crippen LogP contribution is -1.92. The van der Waals surface area contributed by atoms with E-state index in [-0.39, 0.29) is 0 Å². The van der Waals surface area contributed by atoms with E-state index in [0.29, 0.717) is 5.92 Å². The van der Waals surface area contributed by atoms with Crippen LogP contribution in [0, 0.1) is 5.92 Å². The molecule has 0 atom stereocenters. The first kappa shape index (κ1) is 11.6. The molecule has 5 nitrogen and oxygen atoms in total. The maximum absolute atomic E-state index is 4.47. The Morgan fingerprint density at radius 2 is 2.00 bits per heavy atom. The minimum absolute atomic E-state index is 0.402. The number of hydrogen-bond acceptors (Lipinski definition) is 3. The number of aliphatic imine (C=N–C) groups is 1. The average Bonchev–Trinajstić information content (AvgIpc) is 2.99. The Bertz CT molecular complexity index is 706. The van der Waals surface area contributed by atoms with Crippen LogP contribution in [0.5, 0.6) is 0 Å². The molecule has 2 heterocycles. The van der Waals surface area contributed by atoms with Gasteiger partial charge in [0.05, 0.1) is 6.20 Å². The van der Waals surface area contributed by atoms with E-state index in [1.54, 1.807) is 10.8 Å². The zero-order chi connectivity index (χ0) is 13.2. The molecular formula is C14H15N5. The Morgan fingerprint density at radius 1 is 1.21 bits per heavy atom. The predicted octanol–water partition coefficient (Wildman–Crippen LogP) is 2.88. The first-order valence-electron chi connectivity index (χ1n) is 6.26. The highest BCUT2D eigenvalue weighted by Crippen LogP contribution is 2.20. The van der Waals surface area contributed by atoms with Crippen LogP contribution in [0.15, 0.2) is 47.8 Å². The minimum atomic E-state index is 0.402. The average molecular weight is 253 g/mol. The number of rotatable bonds is 3. The topological polar surface area (TPSA) is 47.5 Å². The molecule has 96 valence electrons. The van der Waals surface area contributed by atoms with Crippen molar-refractivity contribution in [2.45, 2.75) is 13.8 Å². The molecule has 0 aliphatic heterocycles. The summed E-state index contributed by atoms with van der Waals surface area (Å²) < 4.78 is 3.73. The van der Waals surface area contributed by atoms with Gasteiger partial charge >= 0.3 is 0 Å². The number of nitrogens with zero attached hydrogens (tertiary/aromatic N) is 5. The second kappa shape index (κ2) is 4.68. The number of benzene rings is 1. The van der Waals surface area contributed by atoms with Gasteiger partial charge in [0.1, 0.15) is 6.33 Å². The molecule has 0 unspecified atom stereocenters. The summed E-state index contributed by atoms with van der Waals surface area (Å²) in [4.78, 5) is 8.75. The van der Waals surface area contributed by atoms with Gasteiger partial charge in [-0.2, -0.15) is 14.6 Å². The van der Waals surface area contributed by atoms with E-state index in [9.17, 15) is 0 Å². The first-order valence-corrected chi connectivity index (χ1v) is 6.26. The maximum Gasteiger partial charge on any atom is 0.239 e. The smallest absolute Gasteiger partial charge is 0.239 e. The molecule has 5 heteroatoms. The molecule has 3 aromatic rings. The number of hydrogen-bond donors (Lipinski definition) is 0. The molecule has 0 saturated heterocycles. The highest BCUT2D eigenvalue weighted by molar-refractivity contribution is 5.65. The van der Waals surface area contributed by atoms with E-state index in [4.69, 9.17) is 0 Å². The van der Waals surface area contributed by atoms with Crippen molar-refractivity contribution >= 4 is 17.8 Å². The van der Waals surface area contributed by atoms with E-state index in [1.807, 2.05) is 47.3 Å². The fourth-order valence-electron chi connectivity index (χ4n) is 1.88. The lowest BCUT2D eigenvalue weighted by Gasteiger charge is -2.00. The summed E-state index contributed by atoms with van der Waals surface area (Å²) in [6, 6.07) is 10.1. The van der Waals surface area contributed by atoms with Crippen molar-refractivity contribution in [1.82, 2.24) is 19.2 Å². The Kier molecular flexibility index (Phi) is 2.87. The summed E-state index contributed by atoms with van der Waals surface area (Å²) in [5.41, 5.74) is 1.05. The van der Waals surface area contributed by atoms with Gasteiger partial charge in [-0.3, -0.25) is 4.57 Å². The highest BCUT2D eigenvalue weighted by Gasteiger charge is 2.10. The van der Waals surface area contributed by atoms with Crippen molar-refractivity contribution in [2.24, 2.45) is 10.9 Å². The quantitative estimate of drug-likeness (QED) is 0.674. The number of para-hydroxylation sites is 1. The van der Waals surface area contributed by atoms with Crippen molar-refractivity contribution in [3.63, 3.8) is 0 Å². The molecule has 0 amide bonds. The van der Waals surface area contributed by atoms with Crippen LogP contribution in [0.25, 0.3) is 11.5 Å². The van der Waals surface area contributed by atoms with Gasteiger partial charge in [0.25, 0.3) is 0 Å². The molecule has 0 aliphatic rings. The Hall–Kier alpha value is -2.43. The van der Waals surface area contributed by atoms with Gasteiger partial charge in [0, 0.05) is 11.9 Å². The second-order valence-electron chi connectivity index (χ2n) is 4.69. The molecule has 19 heavy (non-hydrogen) atoms. The SMILES string of the molecule is CC(C)/C=N/c1cn(-c2ccccc2)c2ncnn12. The van der Waals surface area contributed by atoms with Crippen molar-refractivity contribution in [3.05, 3.63) is 42.9 Å². The largest absolute Gasteiger partial charge is 0.282 e. The predicted molar refractivity (Wildman–Crippen MR) is 75.3 cm³/mol. The molecule has 2 aromatic heterocycles. The third kappa shape index (κ3) is 2.14. The summed E-state index contributed by atoms with van der Waals surface area (Å²) in [7, 11) is 0. The first-order chi connectivity index (χ1) is 9.25. The van der Waals surface area contributed by atoms with Crippen LogP contribution in [-0.2, 0) is 0 Å². The number of aromatic nitrogens is 4. The van der Waals surface area contributed by atoms with E-state index in [0.717, 1.165) is 17.3 Å². The van der Waals surface area contributed by atoms with Gasteiger partial charge in [-0.15, -0.1) is 0 Å². The van der Waals surface area contributed by atoms with E-state index < -0.39 is 0 Å². The molecule has 0 bridgehead atoms. The third-order valence-electron chi connectivity index (χ3n) is 2.75. The van der Waals surface area contributed by atoms with Crippen LogP contribution in [0.3, 0.4) is 0 Å². The summed E-state index contributed by atoms with van der Waals surface area (Å²) >= 11 is 0. The fourth-order valence-corrected chi connectivity index (χ4v) is 1.88. The molecule has 0 N–H and O–H groups in total. The summed E-state index contributed by atoms with van der Waals surface area (Å²) in [5.74, 6) is 1.95. The molecule has 0 spiro atoms. The van der Waals surface area contributed by atoms with Crippen molar-refractivity contribution in [1.29, 1.82) is 0 Å². The van der Waals surface area contributed by atoms with Crippen molar-refractivity contribution < 1.29 is 0 Å². The van der Waals surface area contributed by atoms with Crippen LogP contribution < -0.4 is 0 Å². The summed E-state index contributed by atoms with van der Waals surface area (Å²) in [6.45, 7) is 4.19. The Labute approximate surface area is 111 Å². The summed E-state index contributed by atoms with van der Waals surface area (Å²) in [6.07, 6.45) is 5.40. The van der Waals surface area contributed by atoms with Gasteiger partial charge in [-0.1, -0.05) is 32.0 Å². The van der Waals surface area contributed by atoms with Crippen LogP contribution in [0.1, 0.15) is 13.8 Å². The third-order valence-corrected chi connectivity index (χ3v) is 2.75. The molecule has 0 saturated carbocycles. The zero-order valence-electron chi connectivity index (χ0n) is 10.9. The monoisotopic (exact) mass is 253 g/mol. The van der Waals surface area contributed by atoms with Crippen molar-refractivity contribution in [3.8, 4) is 5.69 Å². The molecule has 1 aromatic carbocycles. The van der Waals surface area contributed by atoms with Crippen LogP contribution in [-0.4, -0.2) is 25.4 Å². The molecule has 0 radical (unpaired) electrons. The highest BCUT2D eigenvalue weighted by atomic mass is 15.4. The van der Waals surface area contributed by atoms with E-state index in [2.05, 4.69) is 28.9 Å². The van der Waals surface area contributed by atoms with Gasteiger partial charge in [-0.05, 0) is 18.1 Å². The summed E-state index contributed by atoms with van der Waals surface area (Å²) in [5, 5.41) is 4.21. The van der Waals surface area contributed by atoms with Crippen molar-refractivity contribution in [2.75, 3.05) is 0 Å². The molecule has 0 fully saturated rings. The van der Waals surface area contributed by atoms with Gasteiger partial charge in [-0.25, -0.2) is 4.99 Å². The second-order valence-corrected chi connectivity index (χ2v) is 4.69. The van der Waals surface area contributed by atoms with Crippen LogP contribution >= 0.6 is 0 Å². The zero-order valence-corrected chi connectivity index (χ0v) is 10.9. The molecule has 0 aliphatic carbocycles. The molecular weight excluding hydrogens is 238 g/mol. The molecule has 3 rings (SSSR count). The number of imidazole rings is 1. The van der Waals surface area contributed by atoms with E-state index in [1.165, 1.54) is 0 Å². The van der Waals surface area contributed by atoms with Crippen LogP contribution in [0.4, 0.5) is 5.82 Å². The lowest BCUT2D eigenvalue weighted by molar-refractivity contribution is 0.901. The Morgan fingerprint density at radius 3 is 2.74 bits per heavy atom. The van der Waals surface area contributed by atoms with Gasteiger partial charge < -0.3 is 0 Å². The minimum Gasteiger partial charge on any atom is -0.282 e.